The van der Waals surface area contributed by atoms with Crippen molar-refractivity contribution in [1.82, 2.24) is 5.32 Å². The molecule has 1 heterocycles. The van der Waals surface area contributed by atoms with E-state index in [0.29, 0.717) is 6.42 Å². The van der Waals surface area contributed by atoms with E-state index in [1.165, 1.54) is 6.07 Å². The van der Waals surface area contributed by atoms with E-state index in [0.717, 1.165) is 23.9 Å². The predicted molar refractivity (Wildman–Crippen MR) is 76.9 cm³/mol. The summed E-state index contributed by atoms with van der Waals surface area (Å²) >= 11 is 0.967. The van der Waals surface area contributed by atoms with Gasteiger partial charge in [0.15, 0.2) is 9.84 Å². The van der Waals surface area contributed by atoms with Gasteiger partial charge < -0.3 is 5.32 Å². The Morgan fingerprint density at radius 2 is 2.14 bits per heavy atom. The molecular formula is C13H15F2NO3S2. The number of hydrogen-bond donors (Lipinski definition) is 1. The fraction of sp³-hybridized carbons (Fsp3) is 0.462. The first-order valence-corrected chi connectivity index (χ1v) is 9.09. The molecule has 0 aromatic heterocycles. The molecule has 8 heteroatoms. The second-order valence-electron chi connectivity index (χ2n) is 4.94. The molecule has 1 aliphatic heterocycles. The molecule has 1 amide bonds. The number of carbonyl (C=O) groups is 1. The molecule has 4 nitrogen and oxygen atoms in total. The predicted octanol–water partition coefficient (Wildman–Crippen LogP) is 1.75. The van der Waals surface area contributed by atoms with E-state index in [9.17, 15) is 22.0 Å². The highest BCUT2D eigenvalue weighted by Crippen LogP contribution is 2.27. The maximum absolute atomic E-state index is 13.5. The van der Waals surface area contributed by atoms with Crippen LogP contribution in [0.4, 0.5) is 8.78 Å². The Morgan fingerprint density at radius 3 is 2.71 bits per heavy atom. The van der Waals surface area contributed by atoms with Crippen LogP contribution in [0.15, 0.2) is 23.1 Å². The van der Waals surface area contributed by atoms with Crippen LogP contribution in [0.2, 0.25) is 0 Å². The van der Waals surface area contributed by atoms with E-state index in [2.05, 4.69) is 5.32 Å². The van der Waals surface area contributed by atoms with Crippen LogP contribution in [0, 0.1) is 11.6 Å². The van der Waals surface area contributed by atoms with Crippen molar-refractivity contribution in [3.8, 4) is 0 Å². The number of sulfone groups is 1. The Hall–Kier alpha value is -1.15. The number of benzene rings is 1. The van der Waals surface area contributed by atoms with Crippen molar-refractivity contribution in [3.05, 3.63) is 29.8 Å². The Bertz CT molecular complexity index is 649. The van der Waals surface area contributed by atoms with E-state index in [4.69, 9.17) is 0 Å². The van der Waals surface area contributed by atoms with Gasteiger partial charge in [-0.2, -0.15) is 0 Å². The summed E-state index contributed by atoms with van der Waals surface area (Å²) in [5.41, 5.74) is 0. The molecule has 0 saturated carbocycles. The Morgan fingerprint density at radius 1 is 1.43 bits per heavy atom. The maximum atomic E-state index is 13.5. The largest absolute Gasteiger partial charge is 0.351 e. The van der Waals surface area contributed by atoms with Crippen LogP contribution in [0.3, 0.4) is 0 Å². The molecule has 1 aromatic carbocycles. The molecule has 0 unspecified atom stereocenters. The molecule has 0 spiro atoms. The third-order valence-corrected chi connectivity index (χ3v) is 6.07. The Balaban J connectivity index is 1.94. The lowest BCUT2D eigenvalue weighted by Crippen LogP contribution is -2.39. The topological polar surface area (TPSA) is 63.2 Å². The second kappa shape index (κ2) is 6.31. The number of carbonyl (C=O) groups excluding carboxylic acids is 1. The molecule has 116 valence electrons. The average molecular weight is 335 g/mol. The van der Waals surface area contributed by atoms with Crippen LogP contribution in [0.1, 0.15) is 13.3 Å². The lowest BCUT2D eigenvalue weighted by molar-refractivity contribution is -0.120. The lowest BCUT2D eigenvalue weighted by Gasteiger charge is -2.15. The third kappa shape index (κ3) is 4.41. The van der Waals surface area contributed by atoms with Crippen molar-refractivity contribution < 1.29 is 22.0 Å². The van der Waals surface area contributed by atoms with Crippen molar-refractivity contribution in [2.75, 3.05) is 11.5 Å². The van der Waals surface area contributed by atoms with Crippen molar-refractivity contribution in [1.29, 1.82) is 0 Å². The zero-order valence-corrected chi connectivity index (χ0v) is 12.9. The molecular weight excluding hydrogens is 320 g/mol. The molecule has 1 saturated heterocycles. The van der Waals surface area contributed by atoms with Crippen LogP contribution in [0.25, 0.3) is 0 Å². The molecule has 1 aromatic rings. The molecule has 0 radical (unpaired) electrons. The fourth-order valence-electron chi connectivity index (χ4n) is 2.04. The molecule has 2 atom stereocenters. The van der Waals surface area contributed by atoms with Crippen LogP contribution < -0.4 is 5.32 Å². The SMILES string of the molecule is C[C@H](Sc1ccc(F)cc1F)C(=O)N[C@H]1CCS(=O)(=O)C1. The lowest BCUT2D eigenvalue weighted by atomic mass is 10.2. The van der Waals surface area contributed by atoms with Crippen molar-refractivity contribution in [2.45, 2.75) is 29.5 Å². The van der Waals surface area contributed by atoms with E-state index >= 15 is 0 Å². The van der Waals surface area contributed by atoms with E-state index in [-0.39, 0.29) is 28.4 Å². The molecule has 0 aliphatic carbocycles. The minimum absolute atomic E-state index is 0.0545. The van der Waals surface area contributed by atoms with Crippen LogP contribution in [-0.2, 0) is 14.6 Å². The average Bonchev–Trinajstić information content (AvgIpc) is 2.72. The number of nitrogens with one attached hydrogen (secondary N) is 1. The number of rotatable bonds is 4. The van der Waals surface area contributed by atoms with Gasteiger partial charge in [0.2, 0.25) is 5.91 Å². The smallest absolute Gasteiger partial charge is 0.233 e. The van der Waals surface area contributed by atoms with E-state index < -0.39 is 26.7 Å². The molecule has 0 bridgehead atoms. The standard InChI is InChI=1S/C13H15F2NO3S2/c1-8(20-12-3-2-9(14)6-11(12)15)13(17)16-10-4-5-21(18,19)7-10/h2-3,6,8,10H,4-5,7H2,1H3,(H,16,17)/t8-,10-/m0/s1. The van der Waals surface area contributed by atoms with Gasteiger partial charge in [0, 0.05) is 17.0 Å². The molecule has 21 heavy (non-hydrogen) atoms. The van der Waals surface area contributed by atoms with Crippen LogP contribution >= 0.6 is 11.8 Å². The molecule has 1 N–H and O–H groups in total. The second-order valence-corrected chi connectivity index (χ2v) is 8.55. The van der Waals surface area contributed by atoms with Crippen LogP contribution in [-0.4, -0.2) is 37.1 Å². The summed E-state index contributed by atoms with van der Waals surface area (Å²) in [6.45, 7) is 1.59. The third-order valence-electron chi connectivity index (χ3n) is 3.15. The van der Waals surface area contributed by atoms with Gasteiger partial charge in [0.05, 0.1) is 16.8 Å². The quantitative estimate of drug-likeness (QED) is 0.852. The van der Waals surface area contributed by atoms with Gasteiger partial charge in [-0.1, -0.05) is 0 Å². The summed E-state index contributed by atoms with van der Waals surface area (Å²) in [4.78, 5) is 12.1. The summed E-state index contributed by atoms with van der Waals surface area (Å²) < 4.78 is 48.9. The molecule has 1 fully saturated rings. The minimum Gasteiger partial charge on any atom is -0.351 e. The first-order chi connectivity index (χ1) is 9.77. The molecule has 2 rings (SSSR count). The van der Waals surface area contributed by atoms with Gasteiger partial charge in [0.1, 0.15) is 11.6 Å². The van der Waals surface area contributed by atoms with Gasteiger partial charge in [-0.3, -0.25) is 4.79 Å². The fourth-order valence-corrected chi connectivity index (χ4v) is 4.59. The summed E-state index contributed by atoms with van der Waals surface area (Å²) in [7, 11) is -3.06. The van der Waals surface area contributed by atoms with Crippen LogP contribution in [0.5, 0.6) is 0 Å². The van der Waals surface area contributed by atoms with Crippen molar-refractivity contribution in [3.63, 3.8) is 0 Å². The minimum atomic E-state index is -3.06. The monoisotopic (exact) mass is 335 g/mol. The van der Waals surface area contributed by atoms with Gasteiger partial charge in [-0.15, -0.1) is 11.8 Å². The number of hydrogen-bond acceptors (Lipinski definition) is 4. The van der Waals surface area contributed by atoms with Crippen molar-refractivity contribution in [2.24, 2.45) is 0 Å². The van der Waals surface area contributed by atoms with Crippen molar-refractivity contribution >= 4 is 27.5 Å². The summed E-state index contributed by atoms with van der Waals surface area (Å²) in [6, 6.07) is 2.78. The number of thioether (sulfide) groups is 1. The Labute approximate surface area is 126 Å². The summed E-state index contributed by atoms with van der Waals surface area (Å²) in [5.74, 6) is -1.73. The van der Waals surface area contributed by atoms with E-state index in [1.54, 1.807) is 6.92 Å². The molecule has 1 aliphatic rings. The summed E-state index contributed by atoms with van der Waals surface area (Å²) in [5, 5.41) is 2.05. The van der Waals surface area contributed by atoms with E-state index in [1.807, 2.05) is 0 Å². The van der Waals surface area contributed by atoms with Gasteiger partial charge in [0.25, 0.3) is 0 Å². The first-order valence-electron chi connectivity index (χ1n) is 6.39. The normalized spacial score (nSPS) is 22.0. The zero-order valence-electron chi connectivity index (χ0n) is 11.3. The maximum Gasteiger partial charge on any atom is 0.233 e. The number of amides is 1. The highest BCUT2D eigenvalue weighted by Gasteiger charge is 2.30. The van der Waals surface area contributed by atoms with Gasteiger partial charge in [-0.25, -0.2) is 17.2 Å². The highest BCUT2D eigenvalue weighted by molar-refractivity contribution is 8.00. The Kier molecular flexibility index (Phi) is 4.88. The number of halogens is 2. The first kappa shape index (κ1) is 16.2. The zero-order chi connectivity index (χ0) is 15.6. The van der Waals surface area contributed by atoms with Gasteiger partial charge in [-0.05, 0) is 25.5 Å². The summed E-state index contributed by atoms with van der Waals surface area (Å²) in [6.07, 6.45) is 0.399. The van der Waals surface area contributed by atoms with Gasteiger partial charge >= 0.3 is 0 Å². The highest BCUT2D eigenvalue weighted by atomic mass is 32.2.